The number of aromatic carboxylic acids is 1. The van der Waals surface area contributed by atoms with E-state index in [2.05, 4.69) is 5.32 Å². The van der Waals surface area contributed by atoms with E-state index in [1.54, 1.807) is 12.1 Å². The van der Waals surface area contributed by atoms with Crippen LogP contribution in [0.25, 0.3) is 0 Å². The Morgan fingerprint density at radius 3 is 2.64 bits per heavy atom. The van der Waals surface area contributed by atoms with Gasteiger partial charge in [0.2, 0.25) is 5.91 Å². The van der Waals surface area contributed by atoms with Gasteiger partial charge in [-0.3, -0.25) is 4.79 Å². The number of amides is 1. The number of ether oxygens (including phenoxy) is 1. The number of rotatable bonds is 6. The van der Waals surface area contributed by atoms with Crippen molar-refractivity contribution in [1.29, 1.82) is 0 Å². The zero-order valence-corrected chi connectivity index (χ0v) is 12.9. The molecular formula is C17H23NO4. The van der Waals surface area contributed by atoms with Crippen molar-refractivity contribution in [2.45, 2.75) is 44.9 Å². The zero-order valence-electron chi connectivity index (χ0n) is 12.9. The molecule has 1 aromatic carbocycles. The Balaban J connectivity index is 1.89. The van der Waals surface area contributed by atoms with Gasteiger partial charge in [-0.2, -0.15) is 0 Å². The Kier molecular flexibility index (Phi) is 5.81. The quantitative estimate of drug-likeness (QED) is 0.840. The first kappa shape index (κ1) is 16.3. The van der Waals surface area contributed by atoms with Crippen LogP contribution in [0.4, 0.5) is 5.69 Å². The highest BCUT2D eigenvalue weighted by molar-refractivity contribution is 5.94. The summed E-state index contributed by atoms with van der Waals surface area (Å²) in [7, 11) is 1.41. The predicted octanol–water partition coefficient (Wildman–Crippen LogP) is 3.69. The number of hydrogen-bond acceptors (Lipinski definition) is 3. The lowest BCUT2D eigenvalue weighted by molar-refractivity contribution is -0.116. The molecule has 5 nitrogen and oxygen atoms in total. The third kappa shape index (κ3) is 4.48. The smallest absolute Gasteiger partial charge is 0.339 e. The van der Waals surface area contributed by atoms with Crippen molar-refractivity contribution in [3.63, 3.8) is 0 Å². The number of carboxylic acids is 1. The maximum Gasteiger partial charge on any atom is 0.339 e. The minimum absolute atomic E-state index is 0.0318. The minimum atomic E-state index is -1.05. The Labute approximate surface area is 130 Å². The van der Waals surface area contributed by atoms with Gasteiger partial charge in [0.1, 0.15) is 11.3 Å². The van der Waals surface area contributed by atoms with Crippen LogP contribution in [0.15, 0.2) is 18.2 Å². The summed E-state index contributed by atoms with van der Waals surface area (Å²) in [5.74, 6) is -0.163. The molecule has 2 rings (SSSR count). The van der Waals surface area contributed by atoms with E-state index in [1.807, 2.05) is 0 Å². The molecule has 0 aliphatic heterocycles. The SMILES string of the molecule is COc1cc(NC(=O)CCC2CCCCC2)ccc1C(=O)O. The average molecular weight is 305 g/mol. The van der Waals surface area contributed by atoms with Gasteiger partial charge in [-0.05, 0) is 24.5 Å². The van der Waals surface area contributed by atoms with Crippen molar-refractivity contribution in [2.24, 2.45) is 5.92 Å². The molecular weight excluding hydrogens is 282 g/mol. The van der Waals surface area contributed by atoms with Crippen LogP contribution in [0.5, 0.6) is 5.75 Å². The number of carbonyl (C=O) groups is 2. The van der Waals surface area contributed by atoms with Gasteiger partial charge in [0.25, 0.3) is 0 Å². The molecule has 5 heteroatoms. The van der Waals surface area contributed by atoms with E-state index in [-0.39, 0.29) is 17.2 Å². The molecule has 120 valence electrons. The number of benzene rings is 1. The van der Waals surface area contributed by atoms with Crippen LogP contribution < -0.4 is 10.1 Å². The summed E-state index contributed by atoms with van der Waals surface area (Å²) < 4.78 is 5.05. The number of anilines is 1. The molecule has 1 amide bonds. The van der Waals surface area contributed by atoms with Gasteiger partial charge in [0, 0.05) is 18.2 Å². The standard InChI is InChI=1S/C17H23NO4/c1-22-15-11-13(8-9-14(15)17(20)21)18-16(19)10-7-12-5-3-2-4-6-12/h8-9,11-12H,2-7,10H2,1H3,(H,18,19)(H,20,21). The first-order chi connectivity index (χ1) is 10.6. The molecule has 0 heterocycles. The van der Waals surface area contributed by atoms with E-state index in [9.17, 15) is 9.59 Å². The molecule has 0 atom stereocenters. The maximum absolute atomic E-state index is 12.0. The van der Waals surface area contributed by atoms with Gasteiger partial charge in [-0.1, -0.05) is 32.1 Å². The normalized spacial score (nSPS) is 15.3. The minimum Gasteiger partial charge on any atom is -0.496 e. The summed E-state index contributed by atoms with van der Waals surface area (Å²) in [6.45, 7) is 0. The summed E-state index contributed by atoms with van der Waals surface area (Å²) in [5.41, 5.74) is 0.651. The van der Waals surface area contributed by atoms with Crippen LogP contribution in [0.1, 0.15) is 55.3 Å². The Hall–Kier alpha value is -2.04. The molecule has 1 fully saturated rings. The molecule has 0 radical (unpaired) electrons. The second-order valence-corrected chi connectivity index (χ2v) is 5.81. The predicted molar refractivity (Wildman–Crippen MR) is 84.4 cm³/mol. The topological polar surface area (TPSA) is 75.6 Å². The molecule has 1 aliphatic rings. The average Bonchev–Trinajstić information content (AvgIpc) is 2.53. The lowest BCUT2D eigenvalue weighted by atomic mass is 9.86. The monoisotopic (exact) mass is 305 g/mol. The van der Waals surface area contributed by atoms with Crippen molar-refractivity contribution in [1.82, 2.24) is 0 Å². The first-order valence-corrected chi connectivity index (χ1v) is 7.81. The largest absolute Gasteiger partial charge is 0.496 e. The van der Waals surface area contributed by atoms with Crippen LogP contribution >= 0.6 is 0 Å². The second kappa shape index (κ2) is 7.82. The number of carboxylic acid groups (broad SMARTS) is 1. The van der Waals surface area contributed by atoms with Gasteiger partial charge in [0.15, 0.2) is 0 Å². The van der Waals surface area contributed by atoms with Crippen LogP contribution in [0.3, 0.4) is 0 Å². The van der Waals surface area contributed by atoms with Crippen molar-refractivity contribution in [3.8, 4) is 5.75 Å². The summed E-state index contributed by atoms with van der Waals surface area (Å²) in [6, 6.07) is 4.57. The number of carbonyl (C=O) groups excluding carboxylic acids is 1. The van der Waals surface area contributed by atoms with E-state index in [1.165, 1.54) is 45.3 Å². The Bertz CT molecular complexity index is 535. The summed E-state index contributed by atoms with van der Waals surface area (Å²) in [6.07, 6.45) is 7.77. The molecule has 1 saturated carbocycles. The Morgan fingerprint density at radius 1 is 1.27 bits per heavy atom. The van der Waals surface area contributed by atoms with E-state index in [4.69, 9.17) is 9.84 Å². The van der Waals surface area contributed by atoms with Crippen molar-refractivity contribution >= 4 is 17.6 Å². The summed E-state index contributed by atoms with van der Waals surface area (Å²) >= 11 is 0. The summed E-state index contributed by atoms with van der Waals surface area (Å²) in [5, 5.41) is 11.8. The second-order valence-electron chi connectivity index (χ2n) is 5.81. The van der Waals surface area contributed by atoms with Crippen LogP contribution in [-0.2, 0) is 4.79 Å². The lowest BCUT2D eigenvalue weighted by Gasteiger charge is -2.21. The van der Waals surface area contributed by atoms with E-state index < -0.39 is 5.97 Å². The highest BCUT2D eigenvalue weighted by atomic mass is 16.5. The molecule has 22 heavy (non-hydrogen) atoms. The fourth-order valence-corrected chi connectivity index (χ4v) is 2.98. The molecule has 0 unspecified atom stereocenters. The molecule has 0 saturated heterocycles. The van der Waals surface area contributed by atoms with Gasteiger partial charge in [-0.15, -0.1) is 0 Å². The highest BCUT2D eigenvalue weighted by Crippen LogP contribution is 2.28. The molecule has 0 spiro atoms. The maximum atomic E-state index is 12.0. The number of nitrogens with one attached hydrogen (secondary N) is 1. The van der Waals surface area contributed by atoms with E-state index >= 15 is 0 Å². The fourth-order valence-electron chi connectivity index (χ4n) is 2.98. The molecule has 0 bridgehead atoms. The van der Waals surface area contributed by atoms with Crippen molar-refractivity contribution in [2.75, 3.05) is 12.4 Å². The molecule has 1 aromatic rings. The van der Waals surface area contributed by atoms with Crippen molar-refractivity contribution < 1.29 is 19.4 Å². The van der Waals surface area contributed by atoms with Gasteiger partial charge in [0.05, 0.1) is 7.11 Å². The fraction of sp³-hybridized carbons (Fsp3) is 0.529. The zero-order chi connectivity index (χ0) is 15.9. The molecule has 0 aromatic heterocycles. The van der Waals surface area contributed by atoms with Crippen LogP contribution in [-0.4, -0.2) is 24.1 Å². The molecule has 1 aliphatic carbocycles. The van der Waals surface area contributed by atoms with Gasteiger partial charge < -0.3 is 15.2 Å². The number of methoxy groups -OCH3 is 1. The van der Waals surface area contributed by atoms with Gasteiger partial charge in [-0.25, -0.2) is 4.79 Å². The third-order valence-electron chi connectivity index (χ3n) is 4.22. The van der Waals surface area contributed by atoms with Crippen molar-refractivity contribution in [3.05, 3.63) is 23.8 Å². The van der Waals surface area contributed by atoms with E-state index in [0.717, 1.165) is 6.42 Å². The lowest BCUT2D eigenvalue weighted by Crippen LogP contribution is -2.15. The summed E-state index contributed by atoms with van der Waals surface area (Å²) in [4.78, 5) is 23.0. The van der Waals surface area contributed by atoms with E-state index in [0.29, 0.717) is 18.0 Å². The number of hydrogen-bond donors (Lipinski definition) is 2. The van der Waals surface area contributed by atoms with Crippen LogP contribution in [0.2, 0.25) is 0 Å². The first-order valence-electron chi connectivity index (χ1n) is 7.81. The Morgan fingerprint density at radius 2 is 2.00 bits per heavy atom. The van der Waals surface area contributed by atoms with Gasteiger partial charge >= 0.3 is 5.97 Å². The van der Waals surface area contributed by atoms with Crippen LogP contribution in [0, 0.1) is 5.92 Å². The third-order valence-corrected chi connectivity index (χ3v) is 4.22. The highest BCUT2D eigenvalue weighted by Gasteiger charge is 2.16. The molecule has 2 N–H and O–H groups in total.